The van der Waals surface area contributed by atoms with Crippen molar-refractivity contribution < 1.29 is 9.21 Å². The van der Waals surface area contributed by atoms with Crippen LogP contribution in [0.5, 0.6) is 0 Å². The zero-order chi connectivity index (χ0) is 19.5. The molecule has 28 heavy (non-hydrogen) atoms. The quantitative estimate of drug-likeness (QED) is 0.693. The zero-order valence-corrected chi connectivity index (χ0v) is 16.4. The van der Waals surface area contributed by atoms with Gasteiger partial charge in [-0.2, -0.15) is 0 Å². The number of nitrogens with zero attached hydrogens (tertiary/aromatic N) is 1. The van der Waals surface area contributed by atoms with Crippen LogP contribution < -0.4 is 5.32 Å². The Labute approximate surface area is 166 Å². The van der Waals surface area contributed by atoms with E-state index in [-0.39, 0.29) is 5.91 Å². The maximum Gasteiger partial charge on any atom is 0.255 e. The molecule has 0 spiro atoms. The molecule has 4 heteroatoms. The average molecular weight is 374 g/mol. The predicted octanol–water partition coefficient (Wildman–Crippen LogP) is 4.87. The molecule has 1 aromatic heterocycles. The van der Waals surface area contributed by atoms with E-state index in [9.17, 15) is 4.79 Å². The van der Waals surface area contributed by atoms with E-state index in [1.165, 1.54) is 17.5 Å². The summed E-state index contributed by atoms with van der Waals surface area (Å²) in [5.41, 5.74) is 5.24. The largest absolute Gasteiger partial charge is 0.464 e. The summed E-state index contributed by atoms with van der Waals surface area (Å²) in [4.78, 5) is 14.9. The van der Waals surface area contributed by atoms with Gasteiger partial charge in [-0.1, -0.05) is 18.2 Å². The highest BCUT2D eigenvalue weighted by atomic mass is 16.3. The van der Waals surface area contributed by atoms with Crippen LogP contribution in [0.2, 0.25) is 0 Å². The van der Waals surface area contributed by atoms with Crippen LogP contribution in [0.1, 0.15) is 27.9 Å². The molecule has 0 aliphatic heterocycles. The fraction of sp³-hybridized carbons (Fsp3) is 0.292. The molecule has 4 rings (SSSR count). The van der Waals surface area contributed by atoms with E-state index >= 15 is 0 Å². The van der Waals surface area contributed by atoms with Crippen LogP contribution >= 0.6 is 0 Å². The monoisotopic (exact) mass is 374 g/mol. The van der Waals surface area contributed by atoms with E-state index in [0.29, 0.717) is 5.56 Å². The van der Waals surface area contributed by atoms with Gasteiger partial charge in [0.05, 0.1) is 6.26 Å². The number of furan rings is 1. The molecule has 0 saturated heterocycles. The third-order valence-corrected chi connectivity index (χ3v) is 5.37. The second-order valence-corrected chi connectivity index (χ2v) is 7.86. The molecule has 1 N–H and O–H groups in total. The van der Waals surface area contributed by atoms with Crippen LogP contribution in [0, 0.1) is 5.92 Å². The molecule has 1 unspecified atom stereocenters. The van der Waals surface area contributed by atoms with Crippen molar-refractivity contribution in [3.05, 3.63) is 77.6 Å². The van der Waals surface area contributed by atoms with Crippen molar-refractivity contribution in [2.45, 2.75) is 19.3 Å². The van der Waals surface area contributed by atoms with Crippen LogP contribution in [0.15, 0.2) is 65.3 Å². The van der Waals surface area contributed by atoms with Crippen molar-refractivity contribution in [2.75, 3.05) is 26.0 Å². The summed E-state index contributed by atoms with van der Waals surface area (Å²) in [5, 5.41) is 3.04. The van der Waals surface area contributed by atoms with Crippen LogP contribution in [0.3, 0.4) is 0 Å². The van der Waals surface area contributed by atoms with Gasteiger partial charge in [-0.15, -0.1) is 0 Å². The molecule has 1 heterocycles. The van der Waals surface area contributed by atoms with Crippen molar-refractivity contribution in [1.29, 1.82) is 0 Å². The minimum atomic E-state index is -0.0905. The Morgan fingerprint density at radius 2 is 1.93 bits per heavy atom. The van der Waals surface area contributed by atoms with E-state index in [0.717, 1.165) is 42.3 Å². The first-order valence-corrected chi connectivity index (χ1v) is 9.80. The summed E-state index contributed by atoms with van der Waals surface area (Å²) in [7, 11) is 4.27. The maximum absolute atomic E-state index is 12.6. The number of hydrogen-bond acceptors (Lipinski definition) is 3. The Bertz CT molecular complexity index is 943. The first-order chi connectivity index (χ1) is 13.6. The predicted molar refractivity (Wildman–Crippen MR) is 113 cm³/mol. The number of anilines is 1. The number of fused-ring (bicyclic) bond motifs is 1. The summed E-state index contributed by atoms with van der Waals surface area (Å²) in [6.45, 7) is 1.13. The third kappa shape index (κ3) is 4.18. The number of aryl methyl sites for hydroxylation is 1. The summed E-state index contributed by atoms with van der Waals surface area (Å²) in [6.07, 6.45) is 5.05. The summed E-state index contributed by atoms with van der Waals surface area (Å²) in [5.74, 6) is 1.43. The number of benzene rings is 2. The first kappa shape index (κ1) is 18.5. The highest BCUT2D eigenvalue weighted by molar-refractivity contribution is 6.04. The molecule has 0 saturated carbocycles. The van der Waals surface area contributed by atoms with Gasteiger partial charge in [0.2, 0.25) is 0 Å². The molecule has 1 amide bonds. The molecule has 144 valence electrons. The molecule has 0 bridgehead atoms. The summed E-state index contributed by atoms with van der Waals surface area (Å²) >= 11 is 0. The fourth-order valence-corrected chi connectivity index (χ4v) is 4.01. The van der Waals surface area contributed by atoms with E-state index < -0.39 is 0 Å². The molecule has 4 nitrogen and oxygen atoms in total. The number of rotatable bonds is 5. The molecular weight excluding hydrogens is 348 g/mol. The van der Waals surface area contributed by atoms with Gasteiger partial charge in [-0.05, 0) is 86.8 Å². The van der Waals surface area contributed by atoms with Crippen LogP contribution in [-0.2, 0) is 12.8 Å². The lowest BCUT2D eigenvalue weighted by atomic mass is 9.83. The van der Waals surface area contributed by atoms with E-state index in [2.05, 4.69) is 36.4 Å². The lowest BCUT2D eigenvalue weighted by molar-refractivity contribution is 0.102. The molecule has 3 aromatic rings. The molecule has 1 atom stereocenters. The number of amides is 1. The summed E-state index contributed by atoms with van der Waals surface area (Å²) < 4.78 is 5.39. The maximum atomic E-state index is 12.6. The average Bonchev–Trinajstić information content (AvgIpc) is 3.22. The van der Waals surface area contributed by atoms with Gasteiger partial charge in [0.15, 0.2) is 0 Å². The third-order valence-electron chi connectivity index (χ3n) is 5.37. The smallest absolute Gasteiger partial charge is 0.255 e. The van der Waals surface area contributed by atoms with Crippen molar-refractivity contribution in [3.63, 3.8) is 0 Å². The first-order valence-electron chi connectivity index (χ1n) is 9.80. The normalized spacial score (nSPS) is 16.0. The lowest BCUT2D eigenvalue weighted by Crippen LogP contribution is -2.26. The standard InChI is InChI=1S/C24H26N2O2/c1-26(2)16-17-5-6-21-15-22(12-11-20(21)14-17)25-24(27)19-9-7-18(8-10-19)23-4-3-13-28-23/h3-4,7-13,15,17H,5-6,14,16H2,1-2H3,(H,25,27). The summed E-state index contributed by atoms with van der Waals surface area (Å²) in [6, 6.07) is 17.6. The van der Waals surface area contributed by atoms with Crippen molar-refractivity contribution in [1.82, 2.24) is 4.90 Å². The fourth-order valence-electron chi connectivity index (χ4n) is 4.01. The van der Waals surface area contributed by atoms with Crippen LogP contribution in [-0.4, -0.2) is 31.4 Å². The van der Waals surface area contributed by atoms with Gasteiger partial charge >= 0.3 is 0 Å². The minimum Gasteiger partial charge on any atom is -0.464 e. The lowest BCUT2D eigenvalue weighted by Gasteiger charge is -2.27. The van der Waals surface area contributed by atoms with Gasteiger partial charge in [-0.25, -0.2) is 0 Å². The Morgan fingerprint density at radius 1 is 1.11 bits per heavy atom. The molecule has 1 aliphatic carbocycles. The molecule has 2 aromatic carbocycles. The van der Waals surface area contributed by atoms with Crippen LogP contribution in [0.25, 0.3) is 11.3 Å². The van der Waals surface area contributed by atoms with Crippen LogP contribution in [0.4, 0.5) is 5.69 Å². The molecule has 0 fully saturated rings. The second-order valence-electron chi connectivity index (χ2n) is 7.86. The van der Waals surface area contributed by atoms with E-state index in [4.69, 9.17) is 4.42 Å². The Balaban J connectivity index is 1.42. The number of nitrogens with one attached hydrogen (secondary N) is 1. The van der Waals surface area contributed by atoms with Gasteiger partial charge in [0.1, 0.15) is 5.76 Å². The number of carbonyl (C=O) groups excluding carboxylic acids is 1. The highest BCUT2D eigenvalue weighted by Crippen LogP contribution is 2.28. The van der Waals surface area contributed by atoms with Gasteiger partial charge < -0.3 is 14.6 Å². The molecular formula is C24H26N2O2. The Kier molecular flexibility index (Phi) is 5.31. The number of hydrogen-bond donors (Lipinski definition) is 1. The highest BCUT2D eigenvalue weighted by Gasteiger charge is 2.19. The number of carbonyl (C=O) groups is 1. The van der Waals surface area contributed by atoms with Gasteiger partial charge in [0.25, 0.3) is 5.91 Å². The Morgan fingerprint density at radius 3 is 2.64 bits per heavy atom. The Hall–Kier alpha value is -2.85. The van der Waals surface area contributed by atoms with Crippen molar-refractivity contribution in [2.24, 2.45) is 5.92 Å². The molecule has 0 radical (unpaired) electrons. The topological polar surface area (TPSA) is 45.5 Å². The minimum absolute atomic E-state index is 0.0905. The van der Waals surface area contributed by atoms with Crippen molar-refractivity contribution >= 4 is 11.6 Å². The SMILES string of the molecule is CN(C)CC1CCc2cc(NC(=O)c3ccc(-c4ccco4)cc3)ccc2C1. The van der Waals surface area contributed by atoms with Crippen molar-refractivity contribution in [3.8, 4) is 11.3 Å². The second kappa shape index (κ2) is 8.03. The van der Waals surface area contributed by atoms with E-state index in [1.807, 2.05) is 42.5 Å². The van der Waals surface area contributed by atoms with E-state index in [1.54, 1.807) is 6.26 Å². The molecule has 1 aliphatic rings. The zero-order valence-electron chi connectivity index (χ0n) is 16.4. The van der Waals surface area contributed by atoms with Gasteiger partial charge in [0, 0.05) is 23.4 Å². The van der Waals surface area contributed by atoms with Gasteiger partial charge in [-0.3, -0.25) is 4.79 Å².